The van der Waals surface area contributed by atoms with E-state index in [0.717, 1.165) is 37.7 Å². The number of ketones is 2. The summed E-state index contributed by atoms with van der Waals surface area (Å²) in [6.07, 6.45) is 7.54. The number of carbonyl (C=O) groups excluding carboxylic acids is 2. The van der Waals surface area contributed by atoms with Crippen molar-refractivity contribution in [1.82, 2.24) is 0 Å². The molecule has 120 valence electrons. The first-order valence-corrected chi connectivity index (χ1v) is 8.82. The van der Waals surface area contributed by atoms with Crippen LogP contribution in [0.2, 0.25) is 0 Å². The van der Waals surface area contributed by atoms with Crippen LogP contribution in [0.1, 0.15) is 58.8 Å². The molecule has 1 N–H and O–H groups in total. The zero-order valence-corrected chi connectivity index (χ0v) is 13.6. The average Bonchev–Trinajstić information content (AvgIpc) is 2.77. The summed E-state index contributed by atoms with van der Waals surface area (Å²) >= 11 is 0. The molecule has 0 radical (unpaired) electrons. The second kappa shape index (κ2) is 4.53. The molecule has 0 aromatic heterocycles. The first kappa shape index (κ1) is 14.6. The van der Waals surface area contributed by atoms with Crippen LogP contribution < -0.4 is 0 Å². The highest BCUT2D eigenvalue weighted by molar-refractivity contribution is 6.05. The summed E-state index contributed by atoms with van der Waals surface area (Å²) in [5.41, 5.74) is 0.707. The Balaban J connectivity index is 1.75. The van der Waals surface area contributed by atoms with Crippen LogP contribution in [0, 0.1) is 28.6 Å². The first-order valence-electron chi connectivity index (χ1n) is 8.82. The zero-order valence-electron chi connectivity index (χ0n) is 13.6. The Morgan fingerprint density at radius 1 is 1.09 bits per heavy atom. The van der Waals surface area contributed by atoms with Gasteiger partial charge in [0.05, 0.1) is 6.10 Å². The summed E-state index contributed by atoms with van der Waals surface area (Å²) < 4.78 is 0. The molecule has 22 heavy (non-hydrogen) atoms. The Morgan fingerprint density at radius 2 is 1.86 bits per heavy atom. The predicted octanol–water partition coefficient (Wildman–Crippen LogP) is 3.06. The molecule has 0 amide bonds. The SMILES string of the molecule is C[C@]12CCC(=O)C=C1C(=O)C[C@@H]1[C@H]2CC[C@]2(C)C(O)CC[C@@H]12. The lowest BCUT2D eigenvalue weighted by molar-refractivity contribution is -0.132. The maximum Gasteiger partial charge on any atom is 0.159 e. The number of carbonyl (C=O) groups is 2. The Kier molecular flexibility index (Phi) is 3.01. The van der Waals surface area contributed by atoms with Crippen LogP contribution in [0.3, 0.4) is 0 Å². The second-order valence-electron chi connectivity index (χ2n) is 8.58. The molecular weight excluding hydrogens is 276 g/mol. The van der Waals surface area contributed by atoms with Crippen LogP contribution in [0.5, 0.6) is 0 Å². The van der Waals surface area contributed by atoms with Crippen molar-refractivity contribution in [2.45, 2.75) is 64.9 Å². The second-order valence-corrected chi connectivity index (χ2v) is 8.58. The topological polar surface area (TPSA) is 54.4 Å². The van der Waals surface area contributed by atoms with Crippen molar-refractivity contribution in [3.63, 3.8) is 0 Å². The Morgan fingerprint density at radius 3 is 2.64 bits per heavy atom. The molecule has 6 atom stereocenters. The van der Waals surface area contributed by atoms with Gasteiger partial charge in [-0.25, -0.2) is 0 Å². The van der Waals surface area contributed by atoms with Gasteiger partial charge in [0.15, 0.2) is 11.6 Å². The highest BCUT2D eigenvalue weighted by Crippen LogP contribution is 2.64. The molecule has 4 rings (SSSR count). The lowest BCUT2D eigenvalue weighted by Crippen LogP contribution is -2.53. The van der Waals surface area contributed by atoms with Crippen molar-refractivity contribution in [1.29, 1.82) is 0 Å². The smallest absolute Gasteiger partial charge is 0.159 e. The van der Waals surface area contributed by atoms with Crippen molar-refractivity contribution < 1.29 is 14.7 Å². The van der Waals surface area contributed by atoms with Crippen LogP contribution >= 0.6 is 0 Å². The van der Waals surface area contributed by atoms with Gasteiger partial charge in [0.2, 0.25) is 0 Å². The lowest BCUT2D eigenvalue weighted by atomic mass is 9.47. The van der Waals surface area contributed by atoms with Gasteiger partial charge >= 0.3 is 0 Å². The fraction of sp³-hybridized carbons (Fsp3) is 0.789. The molecule has 4 aliphatic carbocycles. The summed E-state index contributed by atoms with van der Waals surface area (Å²) in [6.45, 7) is 4.45. The number of Topliss-reactive ketones (excluding diaryl/α,β-unsaturated/α-hetero) is 1. The van der Waals surface area contributed by atoms with E-state index >= 15 is 0 Å². The van der Waals surface area contributed by atoms with Gasteiger partial charge in [0, 0.05) is 18.4 Å². The molecular formula is C19H26O3. The van der Waals surface area contributed by atoms with Gasteiger partial charge in [-0.15, -0.1) is 0 Å². The van der Waals surface area contributed by atoms with Crippen LogP contribution in [-0.2, 0) is 9.59 Å². The third kappa shape index (κ3) is 1.72. The molecule has 0 bridgehead atoms. The molecule has 3 nitrogen and oxygen atoms in total. The lowest BCUT2D eigenvalue weighted by Gasteiger charge is -2.56. The number of hydrogen-bond acceptors (Lipinski definition) is 3. The monoisotopic (exact) mass is 302 g/mol. The summed E-state index contributed by atoms with van der Waals surface area (Å²) in [6, 6.07) is 0. The van der Waals surface area contributed by atoms with E-state index in [1.807, 2.05) is 0 Å². The Labute approximate surface area is 132 Å². The van der Waals surface area contributed by atoms with E-state index in [1.165, 1.54) is 0 Å². The molecule has 0 heterocycles. The number of rotatable bonds is 0. The summed E-state index contributed by atoms with van der Waals surface area (Å²) in [7, 11) is 0. The van der Waals surface area contributed by atoms with Gasteiger partial charge in [-0.2, -0.15) is 0 Å². The quantitative estimate of drug-likeness (QED) is 0.748. The molecule has 3 saturated carbocycles. The number of aliphatic hydroxyl groups is 1. The molecule has 4 aliphatic rings. The van der Waals surface area contributed by atoms with Gasteiger partial charge in [-0.1, -0.05) is 13.8 Å². The molecule has 1 unspecified atom stereocenters. The van der Waals surface area contributed by atoms with Crippen molar-refractivity contribution >= 4 is 11.6 Å². The fourth-order valence-electron chi connectivity index (χ4n) is 6.36. The van der Waals surface area contributed by atoms with Crippen molar-refractivity contribution in [3.05, 3.63) is 11.6 Å². The number of hydrogen-bond donors (Lipinski definition) is 1. The Hall–Kier alpha value is -0.960. The number of fused-ring (bicyclic) bond motifs is 5. The molecule has 0 spiro atoms. The fourth-order valence-corrected chi connectivity index (χ4v) is 6.36. The predicted molar refractivity (Wildman–Crippen MR) is 83.1 cm³/mol. The van der Waals surface area contributed by atoms with Gasteiger partial charge < -0.3 is 5.11 Å². The zero-order chi connectivity index (χ0) is 15.7. The first-order chi connectivity index (χ1) is 10.4. The Bertz CT molecular complexity index is 577. The van der Waals surface area contributed by atoms with E-state index < -0.39 is 0 Å². The molecule has 0 saturated heterocycles. The molecule has 0 aromatic carbocycles. The largest absolute Gasteiger partial charge is 0.393 e. The number of aliphatic hydroxyl groups excluding tert-OH is 1. The van der Waals surface area contributed by atoms with E-state index in [0.29, 0.717) is 30.6 Å². The van der Waals surface area contributed by atoms with Gasteiger partial charge in [-0.3, -0.25) is 9.59 Å². The highest BCUT2D eigenvalue weighted by Gasteiger charge is 2.60. The maximum absolute atomic E-state index is 12.7. The molecule has 3 heteroatoms. The van der Waals surface area contributed by atoms with Crippen molar-refractivity contribution in [3.8, 4) is 0 Å². The van der Waals surface area contributed by atoms with E-state index in [9.17, 15) is 14.7 Å². The summed E-state index contributed by atoms with van der Waals surface area (Å²) in [5, 5.41) is 10.4. The van der Waals surface area contributed by atoms with Crippen molar-refractivity contribution in [2.75, 3.05) is 0 Å². The molecule has 0 aliphatic heterocycles. The maximum atomic E-state index is 12.7. The van der Waals surface area contributed by atoms with Crippen molar-refractivity contribution in [2.24, 2.45) is 28.6 Å². The van der Waals surface area contributed by atoms with Crippen LogP contribution in [-0.4, -0.2) is 22.8 Å². The summed E-state index contributed by atoms with van der Waals surface area (Å²) in [5.74, 6) is 1.70. The standard InChI is InChI=1S/C19H26O3/c1-18-7-5-11(20)9-15(18)16(21)10-12-13-3-4-17(22)19(13,2)8-6-14(12)18/h9,12-14,17,22H,3-8,10H2,1-2H3/t12-,13-,14+,17?,18+,19-/m0/s1. The molecule has 0 aromatic rings. The number of allylic oxidation sites excluding steroid dienone is 1. The van der Waals surface area contributed by atoms with E-state index in [1.54, 1.807) is 6.08 Å². The summed E-state index contributed by atoms with van der Waals surface area (Å²) in [4.78, 5) is 24.5. The van der Waals surface area contributed by atoms with Gasteiger partial charge in [-0.05, 0) is 66.8 Å². The van der Waals surface area contributed by atoms with Gasteiger partial charge in [0.25, 0.3) is 0 Å². The third-order valence-corrected chi connectivity index (χ3v) is 7.74. The highest BCUT2D eigenvalue weighted by atomic mass is 16.3. The van der Waals surface area contributed by atoms with E-state index in [2.05, 4.69) is 13.8 Å². The minimum Gasteiger partial charge on any atom is -0.393 e. The minimum atomic E-state index is -0.203. The van der Waals surface area contributed by atoms with E-state index in [4.69, 9.17) is 0 Å². The normalized spacial score (nSPS) is 51.0. The van der Waals surface area contributed by atoms with Crippen LogP contribution in [0.4, 0.5) is 0 Å². The van der Waals surface area contributed by atoms with Crippen LogP contribution in [0.25, 0.3) is 0 Å². The van der Waals surface area contributed by atoms with E-state index in [-0.39, 0.29) is 28.5 Å². The minimum absolute atomic E-state index is 0.00348. The average molecular weight is 302 g/mol. The molecule has 3 fully saturated rings. The van der Waals surface area contributed by atoms with Gasteiger partial charge in [0.1, 0.15) is 0 Å². The van der Waals surface area contributed by atoms with Crippen LogP contribution in [0.15, 0.2) is 11.6 Å². The third-order valence-electron chi connectivity index (χ3n) is 7.74.